The van der Waals surface area contributed by atoms with E-state index in [1.54, 1.807) is 0 Å². The van der Waals surface area contributed by atoms with E-state index in [1.807, 2.05) is 42.2 Å². The quantitative estimate of drug-likeness (QED) is 0.820. The van der Waals surface area contributed by atoms with Crippen LogP contribution in [0.5, 0.6) is 0 Å². The Hall–Kier alpha value is -0.810. The maximum atomic E-state index is 12.8. The smallest absolute Gasteiger partial charge is 0.227 e. The summed E-state index contributed by atoms with van der Waals surface area (Å²) < 4.78 is 0. The number of carbonyl (C=O) groups is 1. The second kappa shape index (κ2) is 11.1. The molecule has 1 aromatic carbocycles. The van der Waals surface area contributed by atoms with Gasteiger partial charge < -0.3 is 15.5 Å². The van der Waals surface area contributed by atoms with Gasteiger partial charge in [0.1, 0.15) is 0 Å². The Morgan fingerprint density at radius 2 is 1.65 bits per heavy atom. The van der Waals surface area contributed by atoms with E-state index in [0.717, 1.165) is 37.4 Å². The first kappa shape index (κ1) is 23.2. The molecule has 0 radical (unpaired) electrons. The fourth-order valence-electron chi connectivity index (χ4n) is 4.07. The molecule has 6 heteroatoms. The summed E-state index contributed by atoms with van der Waals surface area (Å²) >= 11 is 0. The van der Waals surface area contributed by atoms with Gasteiger partial charge in [-0.2, -0.15) is 0 Å². The van der Waals surface area contributed by atoms with Crippen LogP contribution in [0, 0.1) is 11.8 Å². The van der Waals surface area contributed by atoms with Crippen molar-refractivity contribution in [1.29, 1.82) is 0 Å². The van der Waals surface area contributed by atoms with Gasteiger partial charge in [-0.25, -0.2) is 0 Å². The van der Waals surface area contributed by atoms with Gasteiger partial charge in [-0.15, -0.1) is 24.8 Å². The minimum absolute atomic E-state index is 0. The zero-order valence-electron chi connectivity index (χ0n) is 15.7. The van der Waals surface area contributed by atoms with Crippen LogP contribution in [-0.2, 0) is 4.79 Å². The van der Waals surface area contributed by atoms with Crippen LogP contribution in [0.4, 0.5) is 0 Å². The van der Waals surface area contributed by atoms with E-state index in [1.165, 1.54) is 32.5 Å². The molecule has 0 saturated carbocycles. The highest BCUT2D eigenvalue weighted by Crippen LogP contribution is 2.25. The van der Waals surface area contributed by atoms with E-state index in [-0.39, 0.29) is 42.7 Å². The van der Waals surface area contributed by atoms with Crippen LogP contribution in [0.2, 0.25) is 0 Å². The van der Waals surface area contributed by atoms with Gasteiger partial charge >= 0.3 is 0 Å². The number of halogens is 2. The first-order valence-electron chi connectivity index (χ1n) is 9.47. The average Bonchev–Trinajstić information content (AvgIpc) is 3.14. The van der Waals surface area contributed by atoms with Gasteiger partial charge in [0.25, 0.3) is 0 Å². The molecule has 2 heterocycles. The number of benzene rings is 1. The third-order valence-electron chi connectivity index (χ3n) is 5.75. The number of amides is 1. The molecule has 2 aliphatic rings. The summed E-state index contributed by atoms with van der Waals surface area (Å²) in [6, 6.07) is 9.74. The number of piperidine rings is 1. The van der Waals surface area contributed by atoms with Gasteiger partial charge in [-0.1, -0.05) is 37.3 Å². The first-order chi connectivity index (χ1) is 11.6. The second-order valence-electron chi connectivity index (χ2n) is 7.50. The number of nitrogens with zero attached hydrogens (tertiary/aromatic N) is 2. The van der Waals surface area contributed by atoms with E-state index < -0.39 is 0 Å². The van der Waals surface area contributed by atoms with Gasteiger partial charge in [-0.3, -0.25) is 4.79 Å². The summed E-state index contributed by atoms with van der Waals surface area (Å²) in [5.41, 5.74) is 7.37. The Bertz CT molecular complexity index is 529. The lowest BCUT2D eigenvalue weighted by atomic mass is 9.91. The van der Waals surface area contributed by atoms with Crippen LogP contribution in [0.15, 0.2) is 30.3 Å². The van der Waals surface area contributed by atoms with E-state index in [0.29, 0.717) is 0 Å². The maximum Gasteiger partial charge on any atom is 0.227 e. The van der Waals surface area contributed by atoms with Crippen LogP contribution in [0.3, 0.4) is 0 Å². The molecule has 0 spiro atoms. The number of hydrogen-bond acceptors (Lipinski definition) is 3. The molecule has 2 fully saturated rings. The molecule has 2 saturated heterocycles. The van der Waals surface area contributed by atoms with E-state index in [4.69, 9.17) is 5.73 Å². The number of rotatable bonds is 5. The van der Waals surface area contributed by atoms with Crippen molar-refractivity contribution < 1.29 is 4.79 Å². The first-order valence-corrected chi connectivity index (χ1v) is 9.47. The molecule has 2 N–H and O–H groups in total. The molecule has 4 nitrogen and oxygen atoms in total. The summed E-state index contributed by atoms with van der Waals surface area (Å²) in [6.45, 7) is 7.51. The van der Waals surface area contributed by atoms with Crippen molar-refractivity contribution in [3.8, 4) is 0 Å². The Morgan fingerprint density at radius 1 is 1.08 bits per heavy atom. The number of likely N-dealkylation sites (tertiary alicyclic amines) is 2. The summed E-state index contributed by atoms with van der Waals surface area (Å²) in [6.07, 6.45) is 4.98. The van der Waals surface area contributed by atoms with E-state index in [9.17, 15) is 4.79 Å². The molecule has 0 bridgehead atoms. The Labute approximate surface area is 170 Å². The van der Waals surface area contributed by atoms with Crippen LogP contribution in [0.1, 0.15) is 44.2 Å². The van der Waals surface area contributed by atoms with E-state index >= 15 is 0 Å². The molecule has 1 amide bonds. The third kappa shape index (κ3) is 5.85. The molecule has 0 aromatic heterocycles. The molecular formula is C20H33Cl2N3O. The molecule has 3 rings (SSSR count). The highest BCUT2D eigenvalue weighted by atomic mass is 35.5. The van der Waals surface area contributed by atoms with Crippen LogP contribution >= 0.6 is 24.8 Å². The zero-order chi connectivity index (χ0) is 16.9. The minimum atomic E-state index is -0.221. The minimum Gasteiger partial charge on any atom is -0.342 e. The maximum absolute atomic E-state index is 12.8. The van der Waals surface area contributed by atoms with Crippen molar-refractivity contribution in [2.45, 2.75) is 38.6 Å². The normalized spacial score (nSPS) is 20.8. The standard InChI is InChI=1S/C20H31N3O.2ClH/c1-16(19(21)18-7-3-2-4-8-18)20(24)23-13-9-17(10-14-23)15-22-11-5-6-12-22;;/h2-4,7-8,16-17,19H,5-6,9-15,21H2,1H3;2*1H. The van der Waals surface area contributed by atoms with Crippen molar-refractivity contribution in [2.24, 2.45) is 17.6 Å². The topological polar surface area (TPSA) is 49.6 Å². The highest BCUT2D eigenvalue weighted by Gasteiger charge is 2.30. The fourth-order valence-corrected chi connectivity index (χ4v) is 4.07. The van der Waals surface area contributed by atoms with E-state index in [2.05, 4.69) is 4.90 Å². The Kier molecular flexibility index (Phi) is 9.94. The van der Waals surface area contributed by atoms with Crippen molar-refractivity contribution in [1.82, 2.24) is 9.80 Å². The third-order valence-corrected chi connectivity index (χ3v) is 5.75. The summed E-state index contributed by atoms with van der Waals surface area (Å²) in [7, 11) is 0. The Morgan fingerprint density at radius 3 is 2.23 bits per heavy atom. The lowest BCUT2D eigenvalue weighted by molar-refractivity contribution is -0.137. The van der Waals surface area contributed by atoms with Crippen molar-refractivity contribution in [2.75, 3.05) is 32.7 Å². The number of nitrogens with two attached hydrogens (primary N) is 1. The summed E-state index contributed by atoms with van der Waals surface area (Å²) in [5, 5.41) is 0. The van der Waals surface area contributed by atoms with Crippen molar-refractivity contribution in [3.63, 3.8) is 0 Å². The van der Waals surface area contributed by atoms with Crippen LogP contribution < -0.4 is 5.73 Å². The van der Waals surface area contributed by atoms with Gasteiger partial charge in [0, 0.05) is 25.7 Å². The SMILES string of the molecule is CC(C(=O)N1CCC(CN2CCCC2)CC1)C(N)c1ccccc1.Cl.Cl. The fraction of sp³-hybridized carbons (Fsp3) is 0.650. The monoisotopic (exact) mass is 401 g/mol. The zero-order valence-corrected chi connectivity index (χ0v) is 17.3. The van der Waals surface area contributed by atoms with Gasteiger partial charge in [0.05, 0.1) is 5.92 Å². The molecule has 148 valence electrons. The molecule has 26 heavy (non-hydrogen) atoms. The molecule has 2 unspecified atom stereocenters. The Balaban J connectivity index is 0.00000169. The van der Waals surface area contributed by atoms with Gasteiger partial charge in [0.2, 0.25) is 5.91 Å². The number of carbonyl (C=O) groups excluding carboxylic acids is 1. The second-order valence-corrected chi connectivity index (χ2v) is 7.50. The highest BCUT2D eigenvalue weighted by molar-refractivity contribution is 5.85. The largest absolute Gasteiger partial charge is 0.342 e. The summed E-state index contributed by atoms with van der Waals surface area (Å²) in [4.78, 5) is 17.4. The predicted octanol–water partition coefficient (Wildman–Crippen LogP) is 3.50. The van der Waals surface area contributed by atoms with Crippen molar-refractivity contribution in [3.05, 3.63) is 35.9 Å². The van der Waals surface area contributed by atoms with Crippen molar-refractivity contribution >= 4 is 30.7 Å². The summed E-state index contributed by atoms with van der Waals surface area (Å²) in [5.74, 6) is 0.804. The van der Waals surface area contributed by atoms with Gasteiger partial charge in [-0.05, 0) is 50.3 Å². The molecular weight excluding hydrogens is 369 g/mol. The van der Waals surface area contributed by atoms with Crippen LogP contribution in [-0.4, -0.2) is 48.4 Å². The molecule has 0 aliphatic carbocycles. The molecule has 2 aliphatic heterocycles. The molecule has 2 atom stereocenters. The predicted molar refractivity (Wildman–Crippen MR) is 112 cm³/mol. The number of hydrogen-bond donors (Lipinski definition) is 1. The lowest BCUT2D eigenvalue weighted by Gasteiger charge is -2.36. The van der Waals surface area contributed by atoms with Gasteiger partial charge in [0.15, 0.2) is 0 Å². The van der Waals surface area contributed by atoms with Crippen LogP contribution in [0.25, 0.3) is 0 Å². The lowest BCUT2D eigenvalue weighted by Crippen LogP contribution is -2.45. The average molecular weight is 402 g/mol. The molecule has 1 aromatic rings.